The molecule has 0 fully saturated rings. The Bertz CT molecular complexity index is 1320. The van der Waals surface area contributed by atoms with Gasteiger partial charge in [-0.25, -0.2) is 4.98 Å². The van der Waals surface area contributed by atoms with Crippen LogP contribution in [-0.4, -0.2) is 23.9 Å². The molecule has 0 bridgehead atoms. The van der Waals surface area contributed by atoms with Gasteiger partial charge in [-0.05, 0) is 68.3 Å². The minimum atomic E-state index is -0.151. The number of ether oxygens (including phenoxy) is 1. The Morgan fingerprint density at radius 2 is 1.86 bits per heavy atom. The van der Waals surface area contributed by atoms with Gasteiger partial charge in [0.15, 0.2) is 0 Å². The fourth-order valence-corrected chi connectivity index (χ4v) is 4.28. The number of hydrogen-bond acceptors (Lipinski definition) is 6. The monoisotopic (exact) mass is 489 g/mol. The number of nitrogens with zero attached hydrogens (tertiary/aromatic N) is 1. The molecule has 180 valence electrons. The van der Waals surface area contributed by atoms with Gasteiger partial charge < -0.3 is 19.8 Å². The molecule has 2 amide bonds. The minimum Gasteiger partial charge on any atom is -0.497 e. The van der Waals surface area contributed by atoms with Crippen LogP contribution in [0.1, 0.15) is 38.0 Å². The number of amides is 2. The maximum absolute atomic E-state index is 12.5. The Morgan fingerprint density at radius 1 is 1.06 bits per heavy atom. The molecule has 0 unspecified atom stereocenters. The third-order valence-corrected chi connectivity index (χ3v) is 6.48. The maximum Gasteiger partial charge on any atom is 0.265 e. The average Bonchev–Trinajstić information content (AvgIpc) is 3.47. The number of thiophene rings is 1. The summed E-state index contributed by atoms with van der Waals surface area (Å²) in [5.74, 6) is 1.66. The van der Waals surface area contributed by atoms with Crippen molar-refractivity contribution in [3.8, 4) is 17.2 Å². The van der Waals surface area contributed by atoms with Crippen LogP contribution < -0.4 is 15.4 Å². The van der Waals surface area contributed by atoms with Gasteiger partial charge in [-0.3, -0.25) is 9.59 Å². The predicted molar refractivity (Wildman–Crippen MR) is 137 cm³/mol. The van der Waals surface area contributed by atoms with E-state index in [0.717, 1.165) is 21.8 Å². The minimum absolute atomic E-state index is 0.0571. The summed E-state index contributed by atoms with van der Waals surface area (Å²) < 4.78 is 11.0. The lowest BCUT2D eigenvalue weighted by atomic mass is 10.1. The summed E-state index contributed by atoms with van der Waals surface area (Å²) in [6.07, 6.45) is 1.02. The van der Waals surface area contributed by atoms with E-state index in [4.69, 9.17) is 9.15 Å². The second-order valence-electron chi connectivity index (χ2n) is 8.09. The first-order valence-corrected chi connectivity index (χ1v) is 12.1. The van der Waals surface area contributed by atoms with E-state index in [0.29, 0.717) is 40.8 Å². The zero-order chi connectivity index (χ0) is 24.8. The first-order chi connectivity index (χ1) is 16.9. The van der Waals surface area contributed by atoms with Crippen LogP contribution in [0.3, 0.4) is 0 Å². The van der Waals surface area contributed by atoms with Crippen molar-refractivity contribution in [1.29, 1.82) is 0 Å². The molecule has 2 aromatic heterocycles. The quantitative estimate of drug-likeness (QED) is 0.322. The SMILES string of the molecule is COc1ccc(CCC(=O)NCc2nc(-c3cccc(NC(=O)c4ccc(C)s4)c3)oc2C)cc1. The molecule has 0 aliphatic rings. The standard InChI is InChI=1S/C27H27N3O4S/c1-17-7-13-24(35-17)26(32)29-21-6-4-5-20(15-21)27-30-23(18(2)34-27)16-28-25(31)14-10-19-8-11-22(33-3)12-9-19/h4-9,11-13,15H,10,14,16H2,1-3H3,(H,28,31)(H,29,32). The molecule has 0 saturated heterocycles. The van der Waals surface area contributed by atoms with Crippen LogP contribution in [0.4, 0.5) is 5.69 Å². The number of carbonyl (C=O) groups is 2. The van der Waals surface area contributed by atoms with Crippen molar-refractivity contribution in [2.24, 2.45) is 0 Å². The summed E-state index contributed by atoms with van der Waals surface area (Å²) in [6.45, 7) is 4.07. The van der Waals surface area contributed by atoms with E-state index < -0.39 is 0 Å². The van der Waals surface area contributed by atoms with Crippen LogP contribution in [0.5, 0.6) is 5.75 Å². The Kier molecular flexibility index (Phi) is 7.62. The molecule has 2 aromatic carbocycles. The van der Waals surface area contributed by atoms with Gasteiger partial charge in [-0.2, -0.15) is 0 Å². The van der Waals surface area contributed by atoms with Crippen LogP contribution in [0.2, 0.25) is 0 Å². The van der Waals surface area contributed by atoms with Crippen molar-refractivity contribution in [1.82, 2.24) is 10.3 Å². The van der Waals surface area contributed by atoms with Crippen LogP contribution in [0.15, 0.2) is 65.1 Å². The van der Waals surface area contributed by atoms with Crippen LogP contribution >= 0.6 is 11.3 Å². The third-order valence-electron chi connectivity index (χ3n) is 5.48. The zero-order valence-corrected chi connectivity index (χ0v) is 20.7. The van der Waals surface area contributed by atoms with Gasteiger partial charge in [0.25, 0.3) is 5.91 Å². The molecule has 0 radical (unpaired) electrons. The highest BCUT2D eigenvalue weighted by Crippen LogP contribution is 2.25. The summed E-state index contributed by atoms with van der Waals surface area (Å²) in [7, 11) is 1.63. The second-order valence-corrected chi connectivity index (χ2v) is 9.38. The molecule has 4 rings (SSSR count). The van der Waals surface area contributed by atoms with Gasteiger partial charge in [-0.15, -0.1) is 11.3 Å². The summed E-state index contributed by atoms with van der Waals surface area (Å²) >= 11 is 1.45. The molecule has 2 N–H and O–H groups in total. The molecule has 8 heteroatoms. The first-order valence-electron chi connectivity index (χ1n) is 11.3. The fourth-order valence-electron chi connectivity index (χ4n) is 3.52. The molecule has 4 aromatic rings. The number of aromatic nitrogens is 1. The highest BCUT2D eigenvalue weighted by molar-refractivity contribution is 7.14. The van der Waals surface area contributed by atoms with E-state index in [-0.39, 0.29) is 18.4 Å². The van der Waals surface area contributed by atoms with Crippen molar-refractivity contribution in [3.63, 3.8) is 0 Å². The number of nitrogens with one attached hydrogen (secondary N) is 2. The molecular formula is C27H27N3O4S. The van der Waals surface area contributed by atoms with Gasteiger partial charge in [0.2, 0.25) is 11.8 Å². The molecule has 0 atom stereocenters. The van der Waals surface area contributed by atoms with Gasteiger partial charge in [0.1, 0.15) is 17.2 Å². The number of rotatable bonds is 9. The number of aryl methyl sites for hydroxylation is 3. The lowest BCUT2D eigenvalue weighted by Gasteiger charge is -2.05. The number of benzene rings is 2. The summed E-state index contributed by atoms with van der Waals surface area (Å²) in [6, 6.07) is 18.8. The molecule has 0 saturated carbocycles. The van der Waals surface area contributed by atoms with Crippen LogP contribution in [0.25, 0.3) is 11.5 Å². The Labute approximate surface area is 208 Å². The van der Waals surface area contributed by atoms with Gasteiger partial charge in [0, 0.05) is 22.5 Å². The Balaban J connectivity index is 1.34. The van der Waals surface area contributed by atoms with Crippen LogP contribution in [0, 0.1) is 13.8 Å². The highest BCUT2D eigenvalue weighted by atomic mass is 32.1. The van der Waals surface area contributed by atoms with E-state index in [9.17, 15) is 9.59 Å². The van der Waals surface area contributed by atoms with E-state index in [2.05, 4.69) is 15.6 Å². The Morgan fingerprint density at radius 3 is 2.57 bits per heavy atom. The fraction of sp³-hybridized carbons (Fsp3) is 0.222. The topological polar surface area (TPSA) is 93.5 Å². The smallest absolute Gasteiger partial charge is 0.265 e. The summed E-state index contributed by atoms with van der Waals surface area (Å²) in [5, 5.41) is 5.83. The lowest BCUT2D eigenvalue weighted by Crippen LogP contribution is -2.23. The lowest BCUT2D eigenvalue weighted by molar-refractivity contribution is -0.121. The summed E-state index contributed by atoms with van der Waals surface area (Å²) in [5.41, 5.74) is 3.14. The van der Waals surface area contributed by atoms with Crippen molar-refractivity contribution < 1.29 is 18.7 Å². The summed E-state index contributed by atoms with van der Waals surface area (Å²) in [4.78, 5) is 31.1. The molecule has 0 aliphatic heterocycles. The molecule has 2 heterocycles. The molecule has 7 nitrogen and oxygen atoms in total. The predicted octanol–water partition coefficient (Wildman–Crippen LogP) is 5.53. The van der Waals surface area contributed by atoms with Crippen LogP contribution in [-0.2, 0) is 17.8 Å². The van der Waals surface area contributed by atoms with Crippen molar-refractivity contribution in [2.45, 2.75) is 33.2 Å². The zero-order valence-electron chi connectivity index (χ0n) is 19.9. The Hall–Kier alpha value is -3.91. The largest absolute Gasteiger partial charge is 0.497 e. The van der Waals surface area contributed by atoms with E-state index in [1.165, 1.54) is 11.3 Å². The highest BCUT2D eigenvalue weighted by Gasteiger charge is 2.14. The van der Waals surface area contributed by atoms with Gasteiger partial charge in [0.05, 0.1) is 18.5 Å². The third kappa shape index (κ3) is 6.36. The molecular weight excluding hydrogens is 462 g/mol. The van der Waals surface area contributed by atoms with Crippen molar-refractivity contribution in [2.75, 3.05) is 12.4 Å². The van der Waals surface area contributed by atoms with Crippen molar-refractivity contribution in [3.05, 3.63) is 87.4 Å². The number of hydrogen-bond donors (Lipinski definition) is 2. The second kappa shape index (κ2) is 11.0. The normalized spacial score (nSPS) is 10.7. The maximum atomic E-state index is 12.5. The number of oxazole rings is 1. The van der Waals surface area contributed by atoms with Gasteiger partial charge in [-0.1, -0.05) is 18.2 Å². The molecule has 35 heavy (non-hydrogen) atoms. The van der Waals surface area contributed by atoms with E-state index in [1.54, 1.807) is 7.11 Å². The molecule has 0 aliphatic carbocycles. The number of anilines is 1. The van der Waals surface area contributed by atoms with Gasteiger partial charge >= 0.3 is 0 Å². The number of methoxy groups -OCH3 is 1. The first kappa shape index (κ1) is 24.2. The molecule has 0 spiro atoms. The van der Waals surface area contributed by atoms with Crippen molar-refractivity contribution >= 4 is 28.8 Å². The van der Waals surface area contributed by atoms with E-state index >= 15 is 0 Å². The number of carbonyl (C=O) groups excluding carboxylic acids is 2. The average molecular weight is 490 g/mol. The van der Waals surface area contributed by atoms with E-state index in [1.807, 2.05) is 74.5 Å².